The van der Waals surface area contributed by atoms with Crippen molar-refractivity contribution < 1.29 is 9.59 Å². The maximum absolute atomic E-state index is 12.4. The summed E-state index contributed by atoms with van der Waals surface area (Å²) < 4.78 is 0.755. The molecule has 1 aromatic carbocycles. The van der Waals surface area contributed by atoms with Crippen LogP contribution in [0.15, 0.2) is 22.7 Å². The summed E-state index contributed by atoms with van der Waals surface area (Å²) in [5.74, 6) is 0.0453. The highest BCUT2D eigenvalue weighted by Crippen LogP contribution is 2.44. The van der Waals surface area contributed by atoms with Gasteiger partial charge in [0.1, 0.15) is 0 Å². The van der Waals surface area contributed by atoms with Crippen LogP contribution in [0.5, 0.6) is 0 Å². The molecule has 5 heteroatoms. The van der Waals surface area contributed by atoms with Crippen molar-refractivity contribution in [3.63, 3.8) is 0 Å². The Kier molecular flexibility index (Phi) is 3.18. The van der Waals surface area contributed by atoms with Gasteiger partial charge in [0.2, 0.25) is 11.8 Å². The van der Waals surface area contributed by atoms with Gasteiger partial charge in [-0.1, -0.05) is 18.5 Å². The summed E-state index contributed by atoms with van der Waals surface area (Å²) in [5, 5.41) is 0.503. The lowest BCUT2D eigenvalue weighted by Gasteiger charge is -2.17. The fourth-order valence-electron chi connectivity index (χ4n) is 3.16. The van der Waals surface area contributed by atoms with Gasteiger partial charge in [0.05, 0.1) is 22.5 Å². The molecule has 1 aromatic rings. The van der Waals surface area contributed by atoms with Gasteiger partial charge >= 0.3 is 0 Å². The molecule has 0 N–H and O–H groups in total. The van der Waals surface area contributed by atoms with Crippen LogP contribution in [0, 0.1) is 17.8 Å². The summed E-state index contributed by atoms with van der Waals surface area (Å²) >= 11 is 9.34. The molecule has 2 unspecified atom stereocenters. The highest BCUT2D eigenvalue weighted by Gasteiger charge is 2.52. The molecule has 2 aliphatic rings. The van der Waals surface area contributed by atoms with E-state index < -0.39 is 0 Å². The molecule has 2 atom stereocenters. The lowest BCUT2D eigenvalue weighted by atomic mass is 10.00. The zero-order valence-electron chi connectivity index (χ0n) is 10.4. The van der Waals surface area contributed by atoms with Gasteiger partial charge < -0.3 is 0 Å². The van der Waals surface area contributed by atoms with Crippen molar-refractivity contribution in [2.75, 3.05) is 4.90 Å². The predicted molar refractivity (Wildman–Crippen MR) is 77.0 cm³/mol. The zero-order chi connectivity index (χ0) is 13.7. The van der Waals surface area contributed by atoms with E-state index >= 15 is 0 Å². The van der Waals surface area contributed by atoms with Crippen molar-refractivity contribution in [3.8, 4) is 0 Å². The average molecular weight is 343 g/mol. The highest BCUT2D eigenvalue weighted by molar-refractivity contribution is 9.10. The first-order chi connectivity index (χ1) is 8.99. The molecule has 3 rings (SSSR count). The lowest BCUT2D eigenvalue weighted by Crippen LogP contribution is -2.32. The van der Waals surface area contributed by atoms with Crippen molar-refractivity contribution in [1.82, 2.24) is 0 Å². The standard InChI is InChI=1S/C14H13BrClNO2/c1-7-4-9-10(5-7)14(19)17(13(9)18)8-2-3-11(15)12(16)6-8/h2-3,6-7,9-10H,4-5H2,1H3. The van der Waals surface area contributed by atoms with Crippen LogP contribution >= 0.6 is 27.5 Å². The fourth-order valence-corrected chi connectivity index (χ4v) is 3.58. The van der Waals surface area contributed by atoms with Crippen molar-refractivity contribution in [2.24, 2.45) is 17.8 Å². The molecule has 0 bridgehead atoms. The Morgan fingerprint density at radius 2 is 1.79 bits per heavy atom. The third kappa shape index (κ3) is 2.01. The van der Waals surface area contributed by atoms with Crippen LogP contribution in [0.2, 0.25) is 5.02 Å². The van der Waals surface area contributed by atoms with E-state index in [9.17, 15) is 9.59 Å². The first kappa shape index (κ1) is 13.1. The second-order valence-corrected chi connectivity index (χ2v) is 6.66. The lowest BCUT2D eigenvalue weighted by molar-refractivity contribution is -0.123. The van der Waals surface area contributed by atoms with E-state index in [0.717, 1.165) is 17.3 Å². The van der Waals surface area contributed by atoms with Crippen LogP contribution in [0.1, 0.15) is 19.8 Å². The number of rotatable bonds is 1. The summed E-state index contributed by atoms with van der Waals surface area (Å²) in [7, 11) is 0. The number of fused-ring (bicyclic) bond motifs is 1. The summed E-state index contributed by atoms with van der Waals surface area (Å²) in [6.45, 7) is 2.10. The number of nitrogens with zero attached hydrogens (tertiary/aromatic N) is 1. The van der Waals surface area contributed by atoms with Crippen LogP contribution in [-0.4, -0.2) is 11.8 Å². The average Bonchev–Trinajstić information content (AvgIpc) is 2.84. The molecule has 1 saturated heterocycles. The number of imide groups is 1. The van der Waals surface area contributed by atoms with Gasteiger partial charge in [0.15, 0.2) is 0 Å². The first-order valence-electron chi connectivity index (χ1n) is 6.32. The van der Waals surface area contributed by atoms with Gasteiger partial charge in [-0.25, -0.2) is 0 Å². The van der Waals surface area contributed by atoms with Gasteiger partial charge in [-0.3, -0.25) is 14.5 Å². The van der Waals surface area contributed by atoms with E-state index in [1.54, 1.807) is 18.2 Å². The van der Waals surface area contributed by atoms with Crippen LogP contribution in [0.4, 0.5) is 5.69 Å². The fraction of sp³-hybridized carbons (Fsp3) is 0.429. The molecule has 0 radical (unpaired) electrons. The molecule has 0 aromatic heterocycles. The molecule has 100 valence electrons. The number of hydrogen-bond acceptors (Lipinski definition) is 2. The second kappa shape index (κ2) is 4.60. The number of hydrogen-bond donors (Lipinski definition) is 0. The quantitative estimate of drug-likeness (QED) is 0.731. The Morgan fingerprint density at radius 3 is 2.32 bits per heavy atom. The van der Waals surface area contributed by atoms with Crippen molar-refractivity contribution in [2.45, 2.75) is 19.8 Å². The van der Waals surface area contributed by atoms with Crippen LogP contribution in [0.25, 0.3) is 0 Å². The molecular formula is C14H13BrClNO2. The Labute approximate surface area is 125 Å². The van der Waals surface area contributed by atoms with Gasteiger partial charge in [-0.2, -0.15) is 0 Å². The van der Waals surface area contributed by atoms with Crippen LogP contribution in [0.3, 0.4) is 0 Å². The molecular weight excluding hydrogens is 330 g/mol. The topological polar surface area (TPSA) is 37.4 Å². The number of halogens is 2. The van der Waals surface area contributed by atoms with Gasteiger partial charge in [-0.05, 0) is 52.9 Å². The maximum atomic E-state index is 12.4. The van der Waals surface area contributed by atoms with Gasteiger partial charge in [-0.15, -0.1) is 0 Å². The molecule has 0 spiro atoms. The number of benzene rings is 1. The van der Waals surface area contributed by atoms with E-state index in [-0.39, 0.29) is 23.7 Å². The minimum atomic E-state index is -0.134. The van der Waals surface area contributed by atoms with Gasteiger partial charge in [0, 0.05) is 4.47 Å². The minimum Gasteiger partial charge on any atom is -0.274 e. The molecule has 2 fully saturated rings. The number of carbonyl (C=O) groups excluding carboxylic acids is 2. The summed E-state index contributed by atoms with van der Waals surface area (Å²) in [5.41, 5.74) is 0.574. The second-order valence-electron chi connectivity index (χ2n) is 5.40. The Morgan fingerprint density at radius 1 is 1.21 bits per heavy atom. The summed E-state index contributed by atoms with van der Waals surface area (Å²) in [4.78, 5) is 26.1. The minimum absolute atomic E-state index is 0.0715. The van der Waals surface area contributed by atoms with Crippen molar-refractivity contribution in [1.29, 1.82) is 0 Å². The number of anilines is 1. The number of carbonyl (C=O) groups is 2. The van der Waals surface area contributed by atoms with E-state index in [0.29, 0.717) is 16.6 Å². The Bertz CT molecular complexity index is 551. The third-order valence-electron chi connectivity index (χ3n) is 4.03. The van der Waals surface area contributed by atoms with E-state index in [1.165, 1.54) is 4.90 Å². The van der Waals surface area contributed by atoms with Gasteiger partial charge in [0.25, 0.3) is 0 Å². The Balaban J connectivity index is 1.96. The van der Waals surface area contributed by atoms with Crippen LogP contribution in [-0.2, 0) is 9.59 Å². The molecule has 2 amide bonds. The zero-order valence-corrected chi connectivity index (χ0v) is 12.7. The van der Waals surface area contributed by atoms with E-state index in [1.807, 2.05) is 0 Å². The first-order valence-corrected chi connectivity index (χ1v) is 7.49. The number of amides is 2. The SMILES string of the molecule is CC1CC2C(=O)N(c3ccc(Br)c(Cl)c3)C(=O)C2C1. The summed E-state index contributed by atoms with van der Waals surface area (Å²) in [6.07, 6.45) is 1.63. The van der Waals surface area contributed by atoms with Crippen molar-refractivity contribution in [3.05, 3.63) is 27.7 Å². The smallest absolute Gasteiger partial charge is 0.237 e. The molecule has 1 aliphatic carbocycles. The molecule has 1 aliphatic heterocycles. The summed E-state index contributed by atoms with van der Waals surface area (Å²) in [6, 6.07) is 5.16. The third-order valence-corrected chi connectivity index (χ3v) is 5.27. The maximum Gasteiger partial charge on any atom is 0.237 e. The van der Waals surface area contributed by atoms with Crippen LogP contribution < -0.4 is 4.90 Å². The van der Waals surface area contributed by atoms with Crippen molar-refractivity contribution >= 4 is 45.0 Å². The molecule has 19 heavy (non-hydrogen) atoms. The molecule has 1 saturated carbocycles. The normalized spacial score (nSPS) is 30.1. The van der Waals surface area contributed by atoms with E-state index in [2.05, 4.69) is 22.9 Å². The largest absolute Gasteiger partial charge is 0.274 e. The van der Waals surface area contributed by atoms with E-state index in [4.69, 9.17) is 11.6 Å². The molecule has 3 nitrogen and oxygen atoms in total. The molecule has 1 heterocycles. The predicted octanol–water partition coefficient (Wildman–Crippen LogP) is 3.64. The Hall–Kier alpha value is -0.870. The monoisotopic (exact) mass is 341 g/mol. The highest BCUT2D eigenvalue weighted by atomic mass is 79.9.